The van der Waals surface area contributed by atoms with E-state index >= 15 is 0 Å². The van der Waals surface area contributed by atoms with Crippen LogP contribution in [0.15, 0.2) is 30.5 Å². The first kappa shape index (κ1) is 12.8. The van der Waals surface area contributed by atoms with Crippen molar-refractivity contribution < 1.29 is 9.13 Å². The number of aromatic nitrogens is 1. The van der Waals surface area contributed by atoms with Crippen LogP contribution in [0.4, 0.5) is 4.39 Å². The fraction of sp³-hybridized carbons (Fsp3) is 0.154. The molecule has 0 saturated carbocycles. The molecule has 0 saturated heterocycles. The molecule has 1 heterocycles. The highest BCUT2D eigenvalue weighted by Gasteiger charge is 2.10. The van der Waals surface area contributed by atoms with Crippen LogP contribution in [0.2, 0.25) is 5.02 Å². The number of ether oxygens (including phenoxy) is 1. The molecule has 0 aliphatic carbocycles. The van der Waals surface area contributed by atoms with Gasteiger partial charge in [-0.15, -0.1) is 0 Å². The first-order chi connectivity index (χ1) is 8.61. The maximum atomic E-state index is 13.5. The molecule has 5 heteroatoms. The van der Waals surface area contributed by atoms with E-state index in [1.54, 1.807) is 18.3 Å². The van der Waals surface area contributed by atoms with Gasteiger partial charge in [-0.1, -0.05) is 17.7 Å². The molecule has 94 valence electrons. The second-order valence-electron chi connectivity index (χ2n) is 3.81. The summed E-state index contributed by atoms with van der Waals surface area (Å²) in [7, 11) is 0. The maximum Gasteiger partial charge on any atom is 0.219 e. The summed E-state index contributed by atoms with van der Waals surface area (Å²) in [5, 5.41) is 0.206. The second-order valence-corrected chi connectivity index (χ2v) is 4.21. The standard InChI is InChI=1S/C13H12ClFN2O/c1-8-5-12(17-7-9(8)6-16)18-13-10(14)3-2-4-11(13)15/h2-5,7H,6,16H2,1H3. The van der Waals surface area contributed by atoms with Gasteiger partial charge < -0.3 is 10.5 Å². The lowest BCUT2D eigenvalue weighted by molar-refractivity contribution is 0.427. The van der Waals surface area contributed by atoms with Gasteiger partial charge in [0.1, 0.15) is 0 Å². The fourth-order valence-electron chi connectivity index (χ4n) is 1.51. The van der Waals surface area contributed by atoms with Crippen LogP contribution in [-0.4, -0.2) is 4.98 Å². The number of hydrogen-bond acceptors (Lipinski definition) is 3. The van der Waals surface area contributed by atoms with Crippen molar-refractivity contribution in [2.45, 2.75) is 13.5 Å². The lowest BCUT2D eigenvalue weighted by Gasteiger charge is -2.09. The Kier molecular flexibility index (Phi) is 3.79. The molecule has 1 aromatic heterocycles. The van der Waals surface area contributed by atoms with Crippen molar-refractivity contribution in [3.63, 3.8) is 0 Å². The fourth-order valence-corrected chi connectivity index (χ4v) is 1.71. The smallest absolute Gasteiger partial charge is 0.219 e. The van der Waals surface area contributed by atoms with Gasteiger partial charge in [0.05, 0.1) is 5.02 Å². The summed E-state index contributed by atoms with van der Waals surface area (Å²) in [6.45, 7) is 2.29. The minimum absolute atomic E-state index is 0.0217. The minimum Gasteiger partial charge on any atom is -0.434 e. The zero-order chi connectivity index (χ0) is 13.1. The Balaban J connectivity index is 2.32. The number of rotatable bonds is 3. The average Bonchev–Trinajstić information content (AvgIpc) is 2.34. The summed E-state index contributed by atoms with van der Waals surface area (Å²) in [4.78, 5) is 4.06. The first-order valence-electron chi connectivity index (χ1n) is 5.39. The van der Waals surface area contributed by atoms with Crippen LogP contribution >= 0.6 is 11.6 Å². The van der Waals surface area contributed by atoms with E-state index in [0.717, 1.165) is 11.1 Å². The number of hydrogen-bond donors (Lipinski definition) is 1. The number of pyridine rings is 1. The van der Waals surface area contributed by atoms with Crippen LogP contribution in [0.3, 0.4) is 0 Å². The zero-order valence-electron chi connectivity index (χ0n) is 9.78. The third-order valence-electron chi connectivity index (χ3n) is 2.54. The third kappa shape index (κ3) is 2.60. The topological polar surface area (TPSA) is 48.1 Å². The van der Waals surface area contributed by atoms with Crippen LogP contribution < -0.4 is 10.5 Å². The van der Waals surface area contributed by atoms with Gasteiger partial charge in [-0.2, -0.15) is 0 Å². The summed E-state index contributed by atoms with van der Waals surface area (Å²) < 4.78 is 18.9. The Labute approximate surface area is 109 Å². The largest absolute Gasteiger partial charge is 0.434 e. The average molecular weight is 267 g/mol. The predicted molar refractivity (Wildman–Crippen MR) is 68.3 cm³/mol. The second kappa shape index (κ2) is 5.33. The summed E-state index contributed by atoms with van der Waals surface area (Å²) in [6.07, 6.45) is 1.61. The monoisotopic (exact) mass is 266 g/mol. The van der Waals surface area contributed by atoms with E-state index in [4.69, 9.17) is 22.1 Å². The van der Waals surface area contributed by atoms with E-state index in [1.807, 2.05) is 6.92 Å². The molecule has 2 N–H and O–H groups in total. The molecular formula is C13H12ClFN2O. The lowest BCUT2D eigenvalue weighted by Crippen LogP contribution is -2.01. The molecule has 2 rings (SSSR count). The van der Waals surface area contributed by atoms with Crippen molar-refractivity contribution in [3.05, 3.63) is 52.4 Å². The summed E-state index contributed by atoms with van der Waals surface area (Å²) in [5.74, 6) is -0.256. The van der Waals surface area contributed by atoms with Gasteiger partial charge in [0.25, 0.3) is 0 Å². The van der Waals surface area contributed by atoms with Crippen molar-refractivity contribution >= 4 is 11.6 Å². The number of benzene rings is 1. The molecule has 0 unspecified atom stereocenters. The zero-order valence-corrected chi connectivity index (χ0v) is 10.5. The highest BCUT2D eigenvalue weighted by Crippen LogP contribution is 2.31. The molecule has 2 aromatic rings. The Morgan fingerprint density at radius 2 is 2.22 bits per heavy atom. The van der Waals surface area contributed by atoms with E-state index in [9.17, 15) is 4.39 Å². The molecular weight excluding hydrogens is 255 g/mol. The van der Waals surface area contributed by atoms with Crippen molar-refractivity contribution in [1.82, 2.24) is 4.98 Å². The molecule has 0 radical (unpaired) electrons. The van der Waals surface area contributed by atoms with Gasteiger partial charge in [-0.3, -0.25) is 0 Å². The third-order valence-corrected chi connectivity index (χ3v) is 2.84. The lowest BCUT2D eigenvalue weighted by atomic mass is 10.1. The van der Waals surface area contributed by atoms with E-state index in [2.05, 4.69) is 4.98 Å². The molecule has 0 aliphatic heterocycles. The first-order valence-corrected chi connectivity index (χ1v) is 5.77. The van der Waals surface area contributed by atoms with E-state index in [0.29, 0.717) is 6.54 Å². The van der Waals surface area contributed by atoms with Crippen LogP contribution in [0.1, 0.15) is 11.1 Å². The number of halogens is 2. The van der Waals surface area contributed by atoms with Gasteiger partial charge in [0.15, 0.2) is 11.6 Å². The Morgan fingerprint density at radius 1 is 1.44 bits per heavy atom. The normalized spacial score (nSPS) is 10.4. The van der Waals surface area contributed by atoms with Crippen LogP contribution in [0.25, 0.3) is 0 Å². The SMILES string of the molecule is Cc1cc(Oc2c(F)cccc2Cl)ncc1CN. The Morgan fingerprint density at radius 3 is 2.83 bits per heavy atom. The predicted octanol–water partition coefficient (Wildman–Crippen LogP) is 3.43. The minimum atomic E-state index is -0.523. The highest BCUT2D eigenvalue weighted by atomic mass is 35.5. The molecule has 0 atom stereocenters. The summed E-state index contributed by atoms with van der Waals surface area (Å²) in [5.41, 5.74) is 7.40. The van der Waals surface area contributed by atoms with Gasteiger partial charge >= 0.3 is 0 Å². The van der Waals surface area contributed by atoms with E-state index in [1.165, 1.54) is 12.1 Å². The quantitative estimate of drug-likeness (QED) is 0.926. The van der Waals surface area contributed by atoms with E-state index in [-0.39, 0.29) is 16.7 Å². The van der Waals surface area contributed by atoms with Crippen LogP contribution in [0, 0.1) is 12.7 Å². The van der Waals surface area contributed by atoms with Gasteiger partial charge in [0.2, 0.25) is 5.88 Å². The van der Waals surface area contributed by atoms with Crippen molar-refractivity contribution in [2.24, 2.45) is 5.73 Å². The molecule has 0 aliphatic rings. The van der Waals surface area contributed by atoms with Gasteiger partial charge in [0, 0.05) is 18.8 Å². The van der Waals surface area contributed by atoms with Gasteiger partial charge in [-0.05, 0) is 30.2 Å². The highest BCUT2D eigenvalue weighted by molar-refractivity contribution is 6.32. The molecule has 0 fully saturated rings. The number of nitrogens with two attached hydrogens (primary N) is 1. The Hall–Kier alpha value is -1.65. The number of aryl methyl sites for hydroxylation is 1. The molecule has 0 bridgehead atoms. The Bertz CT molecular complexity index is 555. The van der Waals surface area contributed by atoms with Gasteiger partial charge in [-0.25, -0.2) is 9.37 Å². The summed E-state index contributed by atoms with van der Waals surface area (Å²) in [6, 6.07) is 6.05. The molecule has 1 aromatic carbocycles. The van der Waals surface area contributed by atoms with Crippen LogP contribution in [-0.2, 0) is 6.54 Å². The van der Waals surface area contributed by atoms with Crippen molar-refractivity contribution in [2.75, 3.05) is 0 Å². The number of nitrogens with zero attached hydrogens (tertiary/aromatic N) is 1. The molecule has 3 nitrogen and oxygen atoms in total. The van der Waals surface area contributed by atoms with Crippen molar-refractivity contribution in [1.29, 1.82) is 0 Å². The number of para-hydroxylation sites is 1. The molecule has 18 heavy (non-hydrogen) atoms. The van der Waals surface area contributed by atoms with Crippen molar-refractivity contribution in [3.8, 4) is 11.6 Å². The van der Waals surface area contributed by atoms with E-state index < -0.39 is 5.82 Å². The molecule has 0 spiro atoms. The summed E-state index contributed by atoms with van der Waals surface area (Å²) >= 11 is 5.86. The van der Waals surface area contributed by atoms with Crippen LogP contribution in [0.5, 0.6) is 11.6 Å². The molecule has 0 amide bonds. The maximum absolute atomic E-state index is 13.5.